The minimum atomic E-state index is -0.711. The van der Waals surface area contributed by atoms with Crippen LogP contribution in [-0.2, 0) is 23.1 Å². The third-order valence-electron chi connectivity index (χ3n) is 4.49. The van der Waals surface area contributed by atoms with Gasteiger partial charge in [0.05, 0.1) is 5.69 Å². The molecule has 0 fully saturated rings. The Morgan fingerprint density at radius 2 is 1.82 bits per heavy atom. The van der Waals surface area contributed by atoms with E-state index in [9.17, 15) is 9.59 Å². The van der Waals surface area contributed by atoms with Gasteiger partial charge in [0, 0.05) is 30.5 Å². The second kappa shape index (κ2) is 8.71. The predicted molar refractivity (Wildman–Crippen MR) is 110 cm³/mol. The van der Waals surface area contributed by atoms with E-state index in [1.807, 2.05) is 42.1 Å². The summed E-state index contributed by atoms with van der Waals surface area (Å²) < 4.78 is 1.81. The number of halogens is 1. The van der Waals surface area contributed by atoms with Crippen molar-refractivity contribution < 1.29 is 9.59 Å². The predicted octanol–water partition coefficient (Wildman–Crippen LogP) is 3.35. The highest BCUT2D eigenvalue weighted by Gasteiger charge is 2.14. The fraction of sp³-hybridized carbons (Fsp3) is 0.190. The molecule has 3 aromatic rings. The maximum absolute atomic E-state index is 12.1. The van der Waals surface area contributed by atoms with Crippen LogP contribution in [0.4, 0.5) is 5.69 Å². The summed E-state index contributed by atoms with van der Waals surface area (Å²) in [5, 5.41) is 9.92. The molecule has 0 saturated heterocycles. The van der Waals surface area contributed by atoms with Crippen molar-refractivity contribution in [1.29, 1.82) is 0 Å². The molecule has 0 aliphatic rings. The van der Waals surface area contributed by atoms with Crippen molar-refractivity contribution in [2.75, 3.05) is 11.9 Å². The van der Waals surface area contributed by atoms with Crippen molar-refractivity contribution in [2.24, 2.45) is 7.05 Å². The van der Waals surface area contributed by atoms with Crippen LogP contribution in [-0.4, -0.2) is 28.1 Å². The van der Waals surface area contributed by atoms with Crippen LogP contribution in [0.2, 0.25) is 5.02 Å². The summed E-state index contributed by atoms with van der Waals surface area (Å²) in [6, 6.07) is 15.1. The third kappa shape index (κ3) is 4.58. The second-order valence-corrected chi connectivity index (χ2v) is 6.82. The standard InChI is InChI=1S/C21H21ClN4O2/c1-14-17(22)4-3-5-18(14)25-21(28)20(27)23-12-10-15-6-8-16(9-7-15)19-11-13-24-26(19)2/h3-9,11,13H,10,12H2,1-2H3,(H,23,27)(H,25,28). The Labute approximate surface area is 168 Å². The molecule has 0 aliphatic heterocycles. The Bertz CT molecular complexity index is 996. The highest BCUT2D eigenvalue weighted by Crippen LogP contribution is 2.22. The van der Waals surface area contributed by atoms with E-state index in [2.05, 4.69) is 15.7 Å². The van der Waals surface area contributed by atoms with Crippen LogP contribution in [0.5, 0.6) is 0 Å². The van der Waals surface area contributed by atoms with E-state index in [4.69, 9.17) is 11.6 Å². The van der Waals surface area contributed by atoms with Crippen LogP contribution in [0.1, 0.15) is 11.1 Å². The molecule has 7 heteroatoms. The Kier molecular flexibility index (Phi) is 6.11. The average molecular weight is 397 g/mol. The lowest BCUT2D eigenvalue weighted by atomic mass is 10.1. The molecule has 2 aromatic carbocycles. The van der Waals surface area contributed by atoms with E-state index in [0.717, 1.165) is 22.4 Å². The van der Waals surface area contributed by atoms with Crippen molar-refractivity contribution in [1.82, 2.24) is 15.1 Å². The van der Waals surface area contributed by atoms with Crippen LogP contribution in [0.25, 0.3) is 11.3 Å². The number of nitrogens with zero attached hydrogens (tertiary/aromatic N) is 2. The van der Waals surface area contributed by atoms with E-state index in [-0.39, 0.29) is 0 Å². The summed E-state index contributed by atoms with van der Waals surface area (Å²) in [5.74, 6) is -1.39. The second-order valence-electron chi connectivity index (χ2n) is 6.41. The highest BCUT2D eigenvalue weighted by atomic mass is 35.5. The number of rotatable bonds is 5. The number of carbonyl (C=O) groups excluding carboxylic acids is 2. The maximum Gasteiger partial charge on any atom is 0.313 e. The van der Waals surface area contributed by atoms with Gasteiger partial charge in [0.2, 0.25) is 0 Å². The van der Waals surface area contributed by atoms with Crippen LogP contribution >= 0.6 is 11.6 Å². The first kappa shape index (κ1) is 19.6. The number of aromatic nitrogens is 2. The number of aryl methyl sites for hydroxylation is 1. The van der Waals surface area contributed by atoms with Gasteiger partial charge in [0.15, 0.2) is 0 Å². The summed E-state index contributed by atoms with van der Waals surface area (Å²) in [5.41, 5.74) is 4.42. The van der Waals surface area contributed by atoms with Gasteiger partial charge in [-0.25, -0.2) is 0 Å². The van der Waals surface area contributed by atoms with Crippen molar-refractivity contribution >= 4 is 29.1 Å². The van der Waals surface area contributed by atoms with Crippen molar-refractivity contribution in [2.45, 2.75) is 13.3 Å². The maximum atomic E-state index is 12.1. The first-order valence-electron chi connectivity index (χ1n) is 8.87. The summed E-state index contributed by atoms with van der Waals surface area (Å²) >= 11 is 6.02. The van der Waals surface area contributed by atoms with Crippen molar-refractivity contribution in [3.05, 3.63) is 70.9 Å². The zero-order chi connectivity index (χ0) is 20.1. The first-order valence-corrected chi connectivity index (χ1v) is 9.25. The topological polar surface area (TPSA) is 76.0 Å². The molecule has 144 valence electrons. The van der Waals surface area contributed by atoms with Gasteiger partial charge in [-0.05, 0) is 48.2 Å². The quantitative estimate of drug-likeness (QED) is 0.649. The largest absolute Gasteiger partial charge is 0.347 e. The molecule has 0 spiro atoms. The van der Waals surface area contributed by atoms with E-state index in [0.29, 0.717) is 23.7 Å². The van der Waals surface area contributed by atoms with Gasteiger partial charge in [0.1, 0.15) is 0 Å². The molecule has 0 aliphatic carbocycles. The first-order chi connectivity index (χ1) is 13.5. The molecule has 1 aromatic heterocycles. The molecule has 0 radical (unpaired) electrons. The molecule has 0 bridgehead atoms. The number of hydrogen-bond donors (Lipinski definition) is 2. The monoisotopic (exact) mass is 396 g/mol. The third-order valence-corrected chi connectivity index (χ3v) is 4.90. The Morgan fingerprint density at radius 1 is 1.07 bits per heavy atom. The molecular weight excluding hydrogens is 376 g/mol. The number of carbonyl (C=O) groups is 2. The molecule has 0 saturated carbocycles. The van der Waals surface area contributed by atoms with Gasteiger partial charge in [-0.15, -0.1) is 0 Å². The van der Waals surface area contributed by atoms with Crippen LogP contribution in [0, 0.1) is 6.92 Å². The molecular formula is C21H21ClN4O2. The van der Waals surface area contributed by atoms with Gasteiger partial charge in [-0.2, -0.15) is 5.10 Å². The van der Waals surface area contributed by atoms with Crippen LogP contribution in [0.15, 0.2) is 54.7 Å². The minimum absolute atomic E-state index is 0.367. The lowest BCUT2D eigenvalue weighted by molar-refractivity contribution is -0.136. The Morgan fingerprint density at radius 3 is 2.50 bits per heavy atom. The average Bonchev–Trinajstić information content (AvgIpc) is 3.12. The number of anilines is 1. The molecule has 1 heterocycles. The van der Waals surface area contributed by atoms with Crippen molar-refractivity contribution in [3.8, 4) is 11.3 Å². The fourth-order valence-corrected chi connectivity index (χ4v) is 3.00. The van der Waals surface area contributed by atoms with E-state index >= 15 is 0 Å². The zero-order valence-electron chi connectivity index (χ0n) is 15.7. The lowest BCUT2D eigenvalue weighted by Gasteiger charge is -2.10. The molecule has 0 atom stereocenters. The van der Waals surface area contributed by atoms with Crippen molar-refractivity contribution in [3.63, 3.8) is 0 Å². The lowest BCUT2D eigenvalue weighted by Crippen LogP contribution is -2.36. The minimum Gasteiger partial charge on any atom is -0.347 e. The molecule has 0 unspecified atom stereocenters. The molecule has 2 amide bonds. The van der Waals surface area contributed by atoms with Gasteiger partial charge < -0.3 is 10.6 Å². The fourth-order valence-electron chi connectivity index (χ4n) is 2.82. The Hall–Kier alpha value is -3.12. The smallest absolute Gasteiger partial charge is 0.313 e. The number of nitrogens with one attached hydrogen (secondary N) is 2. The molecule has 3 rings (SSSR count). The van der Waals surface area contributed by atoms with Gasteiger partial charge in [-0.1, -0.05) is 41.9 Å². The summed E-state index contributed by atoms with van der Waals surface area (Å²) in [6.45, 7) is 2.15. The normalized spacial score (nSPS) is 10.5. The summed E-state index contributed by atoms with van der Waals surface area (Å²) in [6.07, 6.45) is 2.38. The van der Waals surface area contributed by atoms with E-state index in [1.165, 1.54) is 0 Å². The van der Waals surface area contributed by atoms with E-state index < -0.39 is 11.8 Å². The number of amides is 2. The number of benzene rings is 2. The SMILES string of the molecule is Cc1c(Cl)cccc1NC(=O)C(=O)NCCc1ccc(-c2ccnn2C)cc1. The molecule has 2 N–H and O–H groups in total. The van der Waals surface area contributed by atoms with E-state index in [1.54, 1.807) is 31.3 Å². The Balaban J connectivity index is 1.50. The van der Waals surface area contributed by atoms with Crippen LogP contribution < -0.4 is 10.6 Å². The molecule has 28 heavy (non-hydrogen) atoms. The van der Waals surface area contributed by atoms with Gasteiger partial charge >= 0.3 is 11.8 Å². The molecule has 6 nitrogen and oxygen atoms in total. The van der Waals surface area contributed by atoms with Crippen LogP contribution in [0.3, 0.4) is 0 Å². The summed E-state index contributed by atoms with van der Waals surface area (Å²) in [4.78, 5) is 24.1. The zero-order valence-corrected chi connectivity index (χ0v) is 16.5. The summed E-state index contributed by atoms with van der Waals surface area (Å²) in [7, 11) is 1.90. The van der Waals surface area contributed by atoms with Gasteiger partial charge in [-0.3, -0.25) is 14.3 Å². The highest BCUT2D eigenvalue weighted by molar-refractivity contribution is 6.40. The number of hydrogen-bond acceptors (Lipinski definition) is 3. The van der Waals surface area contributed by atoms with Gasteiger partial charge in [0.25, 0.3) is 0 Å².